The molecule has 74 heavy (non-hydrogen) atoms. The molecule has 8 aromatic rings. The van der Waals surface area contributed by atoms with E-state index in [-0.39, 0.29) is 16.2 Å². The highest BCUT2D eigenvalue weighted by Crippen LogP contribution is 2.51. The fourth-order valence-electron chi connectivity index (χ4n) is 11.7. The topological polar surface area (TPSA) is 6.48 Å². The first-order valence-corrected chi connectivity index (χ1v) is 28.2. The molecule has 0 N–H and O–H groups in total. The Morgan fingerprint density at radius 3 is 1.08 bits per heavy atom. The first-order valence-electron chi connectivity index (χ1n) is 28.2. The van der Waals surface area contributed by atoms with Crippen LogP contribution >= 0.6 is 0 Å². The van der Waals surface area contributed by atoms with Crippen LogP contribution in [0.25, 0.3) is 33.4 Å². The second-order valence-corrected chi connectivity index (χ2v) is 22.7. The third-order valence-corrected chi connectivity index (χ3v) is 18.0. The molecule has 0 aliphatic heterocycles. The standard InChI is InChI=1S/C72H82N2/c1-13-47-72(12,18-6)58-30-43-65(44-31-58)74(61-35-21-53(22-36-61)51(8)15-3)63-39-25-55(26-40-63)54-23-37-62(38-24-54)73(60-33-19-52(20-34-60)50(7)14-2)64-41-27-56(28-42-64)57-29-45-66-67-46-32-59(71(11,16-4)17-5)49-69(67)70(9,10)68(66)48-57/h19-46,48-51H,13-18,47H2,1-12H3. The first-order chi connectivity index (χ1) is 35.7. The summed E-state index contributed by atoms with van der Waals surface area (Å²) in [6.45, 7) is 28.1. The van der Waals surface area contributed by atoms with Crippen molar-refractivity contribution in [3.8, 4) is 33.4 Å². The fourth-order valence-corrected chi connectivity index (χ4v) is 11.7. The molecule has 0 saturated heterocycles. The van der Waals surface area contributed by atoms with Crippen LogP contribution in [0.15, 0.2) is 182 Å². The Morgan fingerprint density at radius 2 is 0.703 bits per heavy atom. The smallest absolute Gasteiger partial charge is 0.0462 e. The van der Waals surface area contributed by atoms with Crippen LogP contribution < -0.4 is 9.80 Å². The van der Waals surface area contributed by atoms with Gasteiger partial charge in [0.1, 0.15) is 0 Å². The van der Waals surface area contributed by atoms with E-state index in [0.717, 1.165) is 54.9 Å². The Bertz CT molecular complexity index is 3140. The van der Waals surface area contributed by atoms with Crippen molar-refractivity contribution in [1.82, 2.24) is 0 Å². The van der Waals surface area contributed by atoms with Gasteiger partial charge in [0.2, 0.25) is 0 Å². The summed E-state index contributed by atoms with van der Waals surface area (Å²) in [5.74, 6) is 1.04. The van der Waals surface area contributed by atoms with Crippen LogP contribution in [0, 0.1) is 0 Å². The molecule has 1 aliphatic rings. The molecular formula is C72H82N2. The van der Waals surface area contributed by atoms with E-state index in [1.54, 1.807) is 0 Å². The van der Waals surface area contributed by atoms with Crippen LogP contribution in [0.4, 0.5) is 34.1 Å². The fraction of sp³-hybridized carbons (Fsp3) is 0.333. The predicted molar refractivity (Wildman–Crippen MR) is 322 cm³/mol. The molecule has 0 fully saturated rings. The SMILES string of the molecule is CCCC(C)(CC)c1ccc(N(c2ccc(-c3ccc(N(c4ccc(-c5ccc6c(c5)C(C)(C)c5cc(C(C)(CC)CC)ccc5-6)cc4)c4ccc(C(C)CC)cc4)cc3)cc2)c2ccc(C(C)CC)cc2)cc1. The van der Waals surface area contributed by atoms with Gasteiger partial charge in [-0.3, -0.25) is 0 Å². The molecule has 0 amide bonds. The van der Waals surface area contributed by atoms with Gasteiger partial charge in [0.25, 0.3) is 0 Å². The summed E-state index contributed by atoms with van der Waals surface area (Å²) < 4.78 is 0. The average molecular weight is 975 g/mol. The highest BCUT2D eigenvalue weighted by atomic mass is 15.1. The maximum atomic E-state index is 2.52. The van der Waals surface area contributed by atoms with Crippen molar-refractivity contribution in [3.63, 3.8) is 0 Å². The lowest BCUT2D eigenvalue weighted by molar-refractivity contribution is 0.414. The van der Waals surface area contributed by atoms with Gasteiger partial charge in [-0.25, -0.2) is 0 Å². The maximum absolute atomic E-state index is 2.52. The zero-order valence-electron chi connectivity index (χ0n) is 46.8. The molecule has 2 heteroatoms. The van der Waals surface area contributed by atoms with E-state index in [1.165, 1.54) is 91.0 Å². The Labute approximate surface area is 446 Å². The number of hydrogen-bond donors (Lipinski definition) is 0. The molecule has 0 radical (unpaired) electrons. The lowest BCUT2D eigenvalue weighted by Gasteiger charge is -2.30. The summed E-state index contributed by atoms with van der Waals surface area (Å²) in [5.41, 5.74) is 23.3. The number of nitrogens with zero attached hydrogens (tertiary/aromatic N) is 2. The van der Waals surface area contributed by atoms with Gasteiger partial charge in [0, 0.05) is 39.5 Å². The van der Waals surface area contributed by atoms with Gasteiger partial charge in [0.15, 0.2) is 0 Å². The van der Waals surface area contributed by atoms with Crippen molar-refractivity contribution in [2.45, 2.75) is 156 Å². The van der Waals surface area contributed by atoms with Crippen molar-refractivity contribution >= 4 is 34.1 Å². The van der Waals surface area contributed by atoms with Crippen molar-refractivity contribution < 1.29 is 0 Å². The van der Waals surface area contributed by atoms with E-state index in [2.05, 4.69) is 275 Å². The normalized spacial score (nSPS) is 14.4. The minimum atomic E-state index is -0.0799. The molecule has 0 heterocycles. The van der Waals surface area contributed by atoms with Crippen LogP contribution in [0.1, 0.15) is 173 Å². The number of rotatable bonds is 19. The highest BCUT2D eigenvalue weighted by Gasteiger charge is 2.37. The summed E-state index contributed by atoms with van der Waals surface area (Å²) in [6, 6.07) is 69.7. The Balaban J connectivity index is 1.01. The van der Waals surface area contributed by atoms with Gasteiger partial charge >= 0.3 is 0 Å². The summed E-state index contributed by atoms with van der Waals surface area (Å²) in [5, 5.41) is 0. The summed E-state index contributed by atoms with van der Waals surface area (Å²) in [4.78, 5) is 4.81. The molecule has 3 unspecified atom stereocenters. The second kappa shape index (κ2) is 21.7. The largest absolute Gasteiger partial charge is 0.311 e. The molecule has 9 rings (SSSR count). The molecule has 0 saturated carbocycles. The molecule has 0 bridgehead atoms. The molecule has 8 aromatic carbocycles. The van der Waals surface area contributed by atoms with Gasteiger partial charge < -0.3 is 9.80 Å². The summed E-state index contributed by atoms with van der Waals surface area (Å²) in [7, 11) is 0. The molecule has 380 valence electrons. The van der Waals surface area contributed by atoms with Crippen molar-refractivity contribution in [3.05, 3.63) is 215 Å². The number of fused-ring (bicyclic) bond motifs is 3. The van der Waals surface area contributed by atoms with Gasteiger partial charge in [-0.2, -0.15) is 0 Å². The predicted octanol–water partition coefficient (Wildman–Crippen LogP) is 21.8. The van der Waals surface area contributed by atoms with Gasteiger partial charge in [0.05, 0.1) is 0 Å². The minimum absolute atomic E-state index is 0.0799. The van der Waals surface area contributed by atoms with E-state index in [9.17, 15) is 0 Å². The van der Waals surface area contributed by atoms with Crippen molar-refractivity contribution in [1.29, 1.82) is 0 Å². The molecule has 0 spiro atoms. The van der Waals surface area contributed by atoms with E-state index >= 15 is 0 Å². The zero-order valence-corrected chi connectivity index (χ0v) is 46.8. The molecule has 0 aromatic heterocycles. The van der Waals surface area contributed by atoms with Crippen LogP contribution in [0.2, 0.25) is 0 Å². The van der Waals surface area contributed by atoms with E-state index in [1.807, 2.05) is 0 Å². The van der Waals surface area contributed by atoms with Gasteiger partial charge in [-0.1, -0.05) is 193 Å². The van der Waals surface area contributed by atoms with E-state index in [0.29, 0.717) is 11.8 Å². The zero-order chi connectivity index (χ0) is 52.4. The van der Waals surface area contributed by atoms with Crippen LogP contribution in [-0.4, -0.2) is 0 Å². The number of anilines is 6. The molecule has 3 atom stereocenters. The Morgan fingerprint density at radius 1 is 0.378 bits per heavy atom. The number of hydrogen-bond acceptors (Lipinski definition) is 2. The van der Waals surface area contributed by atoms with Crippen molar-refractivity contribution in [2.24, 2.45) is 0 Å². The first kappa shape index (κ1) is 52.2. The lowest BCUT2D eigenvalue weighted by Crippen LogP contribution is -2.21. The third-order valence-electron chi connectivity index (χ3n) is 18.0. The van der Waals surface area contributed by atoms with Gasteiger partial charge in [-0.05, 0) is 207 Å². The highest BCUT2D eigenvalue weighted by molar-refractivity contribution is 5.86. The van der Waals surface area contributed by atoms with Crippen LogP contribution in [-0.2, 0) is 16.2 Å². The molecule has 1 aliphatic carbocycles. The minimum Gasteiger partial charge on any atom is -0.311 e. The number of benzene rings is 8. The quantitative estimate of drug-likeness (QED) is 0.0797. The van der Waals surface area contributed by atoms with E-state index in [4.69, 9.17) is 0 Å². The third kappa shape index (κ3) is 10.0. The maximum Gasteiger partial charge on any atom is 0.0462 e. The lowest BCUT2D eigenvalue weighted by atomic mass is 9.75. The average Bonchev–Trinajstić information content (AvgIpc) is 3.67. The molecular weight excluding hydrogens is 893 g/mol. The van der Waals surface area contributed by atoms with E-state index < -0.39 is 0 Å². The van der Waals surface area contributed by atoms with Gasteiger partial charge in [-0.15, -0.1) is 0 Å². The Hall–Kier alpha value is -6.64. The van der Waals surface area contributed by atoms with Crippen LogP contribution in [0.3, 0.4) is 0 Å². The van der Waals surface area contributed by atoms with Crippen molar-refractivity contribution in [2.75, 3.05) is 9.80 Å². The summed E-state index contributed by atoms with van der Waals surface area (Å²) in [6.07, 6.45) is 8.02. The molecule has 2 nitrogen and oxygen atoms in total. The Kier molecular flexibility index (Phi) is 15.3. The van der Waals surface area contributed by atoms with Crippen LogP contribution in [0.5, 0.6) is 0 Å². The monoisotopic (exact) mass is 975 g/mol. The summed E-state index contributed by atoms with van der Waals surface area (Å²) >= 11 is 0. The second-order valence-electron chi connectivity index (χ2n) is 22.7.